The number of hydrogen-bond donors (Lipinski definition) is 2. The van der Waals surface area contributed by atoms with Crippen LogP contribution in [-0.4, -0.2) is 48.5 Å². The summed E-state index contributed by atoms with van der Waals surface area (Å²) in [7, 11) is 4.16. The molecule has 6 nitrogen and oxygen atoms in total. The summed E-state index contributed by atoms with van der Waals surface area (Å²) in [6, 6.07) is 13.4. The highest BCUT2D eigenvalue weighted by Crippen LogP contribution is 2.41. The standard InChI is InChI=1S/C28H34N4O2/c1-18-6-4-8-25-26(18)27(33)23(17-29-25)28(34)30-24-14-13-22(16-19(24)7-5-15-31(2)3)32-20-9-10-21(32)12-11-20/h4,6,8,13-14,16-17,20-21H,5,7,9-12,15H2,1-3H3,(H,29,33)(H,30,34). The molecule has 2 aromatic carbocycles. The van der Waals surface area contributed by atoms with E-state index < -0.39 is 0 Å². The summed E-state index contributed by atoms with van der Waals surface area (Å²) in [4.78, 5) is 34.3. The van der Waals surface area contributed by atoms with Crippen molar-refractivity contribution in [1.29, 1.82) is 0 Å². The molecule has 0 radical (unpaired) electrons. The SMILES string of the molecule is Cc1cccc2[nH]cc(C(=O)Nc3ccc(N4C5CCC4CC5)cc3CCCN(C)C)c(=O)c12. The monoisotopic (exact) mass is 458 g/mol. The molecule has 6 heteroatoms. The number of amides is 1. The molecule has 2 fully saturated rings. The van der Waals surface area contributed by atoms with Crippen LogP contribution in [-0.2, 0) is 6.42 Å². The van der Waals surface area contributed by atoms with Crippen molar-refractivity contribution < 1.29 is 4.79 Å². The number of aromatic nitrogens is 1. The fourth-order valence-electron chi connectivity index (χ4n) is 5.79. The van der Waals surface area contributed by atoms with Gasteiger partial charge < -0.3 is 20.1 Å². The summed E-state index contributed by atoms with van der Waals surface area (Å²) < 4.78 is 0. The van der Waals surface area contributed by atoms with Crippen molar-refractivity contribution in [3.63, 3.8) is 0 Å². The van der Waals surface area contributed by atoms with Gasteiger partial charge in [0.2, 0.25) is 5.43 Å². The van der Waals surface area contributed by atoms with Crippen LogP contribution < -0.4 is 15.6 Å². The lowest BCUT2D eigenvalue weighted by Gasteiger charge is -2.26. The first-order valence-corrected chi connectivity index (χ1v) is 12.4. The van der Waals surface area contributed by atoms with Crippen LogP contribution in [0.15, 0.2) is 47.4 Å². The molecule has 1 aromatic heterocycles. The second kappa shape index (κ2) is 9.26. The van der Waals surface area contributed by atoms with Gasteiger partial charge in [0.1, 0.15) is 5.56 Å². The highest BCUT2D eigenvalue weighted by Gasteiger charge is 2.39. The molecular weight excluding hydrogens is 424 g/mol. The molecule has 0 atom stereocenters. The highest BCUT2D eigenvalue weighted by molar-refractivity contribution is 6.06. The zero-order valence-electron chi connectivity index (χ0n) is 20.4. The van der Waals surface area contributed by atoms with Gasteiger partial charge in [-0.25, -0.2) is 0 Å². The predicted octanol–water partition coefficient (Wildman–Crippen LogP) is 4.71. The van der Waals surface area contributed by atoms with Crippen molar-refractivity contribution in [1.82, 2.24) is 9.88 Å². The van der Waals surface area contributed by atoms with E-state index >= 15 is 0 Å². The van der Waals surface area contributed by atoms with Gasteiger partial charge in [0.05, 0.1) is 0 Å². The van der Waals surface area contributed by atoms with E-state index in [0.29, 0.717) is 17.5 Å². The number of pyridine rings is 1. The third kappa shape index (κ3) is 4.23. The number of hydrogen-bond acceptors (Lipinski definition) is 4. The zero-order valence-corrected chi connectivity index (χ0v) is 20.4. The van der Waals surface area contributed by atoms with Crippen LogP contribution in [0.2, 0.25) is 0 Å². The van der Waals surface area contributed by atoms with Crippen LogP contribution in [0.4, 0.5) is 11.4 Å². The normalized spacial score (nSPS) is 19.4. The van der Waals surface area contributed by atoms with Gasteiger partial charge in [-0.15, -0.1) is 0 Å². The van der Waals surface area contributed by atoms with E-state index in [1.54, 1.807) is 0 Å². The Bertz CT molecular complexity index is 1260. The molecule has 2 aliphatic rings. The van der Waals surface area contributed by atoms with E-state index in [1.165, 1.54) is 37.6 Å². The van der Waals surface area contributed by atoms with Crippen molar-refractivity contribution >= 4 is 28.2 Å². The molecule has 2 N–H and O–H groups in total. The van der Waals surface area contributed by atoms with Gasteiger partial charge in [-0.3, -0.25) is 9.59 Å². The number of rotatable bonds is 7. The first kappa shape index (κ1) is 22.7. The molecular formula is C28H34N4O2. The van der Waals surface area contributed by atoms with E-state index in [-0.39, 0.29) is 16.9 Å². The number of benzene rings is 2. The lowest BCUT2D eigenvalue weighted by atomic mass is 10.0. The number of fused-ring (bicyclic) bond motifs is 3. The van der Waals surface area contributed by atoms with Crippen LogP contribution in [0.5, 0.6) is 0 Å². The Morgan fingerprint density at radius 2 is 1.85 bits per heavy atom. The fourth-order valence-corrected chi connectivity index (χ4v) is 5.79. The summed E-state index contributed by atoms with van der Waals surface area (Å²) in [5.74, 6) is -0.366. The molecule has 1 amide bonds. The summed E-state index contributed by atoms with van der Waals surface area (Å²) >= 11 is 0. The Labute approximate surface area is 201 Å². The van der Waals surface area contributed by atoms with E-state index in [4.69, 9.17) is 0 Å². The Kier molecular flexibility index (Phi) is 6.17. The molecule has 2 bridgehead atoms. The van der Waals surface area contributed by atoms with Crippen LogP contribution in [0.1, 0.15) is 53.6 Å². The molecule has 2 aliphatic heterocycles. The van der Waals surface area contributed by atoms with Gasteiger partial charge in [0.25, 0.3) is 5.91 Å². The number of aromatic amines is 1. The molecule has 34 heavy (non-hydrogen) atoms. The smallest absolute Gasteiger partial charge is 0.261 e. The molecule has 5 rings (SSSR count). The molecule has 3 heterocycles. The summed E-state index contributed by atoms with van der Waals surface area (Å²) in [6.45, 7) is 2.88. The molecule has 3 aromatic rings. The predicted molar refractivity (Wildman–Crippen MR) is 139 cm³/mol. The minimum Gasteiger partial charge on any atom is -0.366 e. The van der Waals surface area contributed by atoms with Crippen molar-refractivity contribution in [3.05, 3.63) is 69.5 Å². The molecule has 0 saturated carbocycles. The van der Waals surface area contributed by atoms with Gasteiger partial charge in [-0.2, -0.15) is 0 Å². The van der Waals surface area contributed by atoms with Gasteiger partial charge in [0.15, 0.2) is 0 Å². The second-order valence-electron chi connectivity index (χ2n) is 10.1. The third-order valence-electron chi connectivity index (χ3n) is 7.50. The molecule has 0 spiro atoms. The van der Waals surface area contributed by atoms with Crippen LogP contribution >= 0.6 is 0 Å². The Hall–Kier alpha value is -3.12. The van der Waals surface area contributed by atoms with Crippen LogP contribution in [0, 0.1) is 6.92 Å². The first-order chi connectivity index (χ1) is 16.4. The maximum atomic E-state index is 13.2. The topological polar surface area (TPSA) is 68.4 Å². The van der Waals surface area contributed by atoms with Crippen molar-refractivity contribution in [2.24, 2.45) is 0 Å². The lowest BCUT2D eigenvalue weighted by Crippen LogP contribution is -2.28. The average Bonchev–Trinajstić information content (AvgIpc) is 3.41. The van der Waals surface area contributed by atoms with E-state index in [0.717, 1.165) is 41.7 Å². The van der Waals surface area contributed by atoms with Crippen LogP contribution in [0.3, 0.4) is 0 Å². The molecule has 0 aliphatic carbocycles. The summed E-state index contributed by atoms with van der Waals surface area (Å²) in [5, 5.41) is 3.63. The number of nitrogens with one attached hydrogen (secondary N) is 2. The van der Waals surface area contributed by atoms with Gasteiger partial charge in [-0.1, -0.05) is 12.1 Å². The quantitative estimate of drug-likeness (QED) is 0.538. The number of carbonyl (C=O) groups is 1. The van der Waals surface area contributed by atoms with E-state index in [9.17, 15) is 9.59 Å². The second-order valence-corrected chi connectivity index (χ2v) is 10.1. The minimum atomic E-state index is -0.366. The molecule has 0 unspecified atom stereocenters. The molecule has 2 saturated heterocycles. The zero-order chi connectivity index (χ0) is 23.8. The van der Waals surface area contributed by atoms with E-state index in [1.807, 2.05) is 31.2 Å². The highest BCUT2D eigenvalue weighted by atomic mass is 16.2. The molecule has 178 valence electrons. The Balaban J connectivity index is 1.44. The maximum absolute atomic E-state index is 13.2. The number of aryl methyl sites for hydroxylation is 2. The average molecular weight is 459 g/mol. The number of nitrogens with zero attached hydrogens (tertiary/aromatic N) is 2. The van der Waals surface area contributed by atoms with Crippen molar-refractivity contribution in [2.45, 2.75) is 57.5 Å². The maximum Gasteiger partial charge on any atom is 0.261 e. The summed E-state index contributed by atoms with van der Waals surface area (Å²) in [5.41, 5.74) is 4.71. The van der Waals surface area contributed by atoms with Crippen LogP contribution in [0.25, 0.3) is 10.9 Å². The van der Waals surface area contributed by atoms with Crippen molar-refractivity contribution in [3.8, 4) is 0 Å². The number of H-pyrrole nitrogens is 1. The number of anilines is 2. The fraction of sp³-hybridized carbons (Fsp3) is 0.429. The lowest BCUT2D eigenvalue weighted by molar-refractivity contribution is 0.102. The van der Waals surface area contributed by atoms with Crippen molar-refractivity contribution in [2.75, 3.05) is 30.9 Å². The number of carbonyl (C=O) groups excluding carboxylic acids is 1. The largest absolute Gasteiger partial charge is 0.366 e. The van der Waals surface area contributed by atoms with Gasteiger partial charge in [0, 0.05) is 40.6 Å². The summed E-state index contributed by atoms with van der Waals surface area (Å²) in [6.07, 6.45) is 8.53. The third-order valence-corrected chi connectivity index (χ3v) is 7.50. The van der Waals surface area contributed by atoms with E-state index in [2.05, 4.69) is 46.3 Å². The first-order valence-electron chi connectivity index (χ1n) is 12.4. The Morgan fingerprint density at radius 3 is 2.56 bits per heavy atom. The minimum absolute atomic E-state index is 0.141. The van der Waals surface area contributed by atoms with Gasteiger partial charge in [-0.05, 0) is 101 Å². The van der Waals surface area contributed by atoms with Gasteiger partial charge >= 0.3 is 0 Å². The Morgan fingerprint density at radius 1 is 1.12 bits per heavy atom.